The highest BCUT2D eigenvalue weighted by Gasteiger charge is 2.14. The summed E-state index contributed by atoms with van der Waals surface area (Å²) in [5, 5.41) is 17.7. The predicted octanol–water partition coefficient (Wildman–Crippen LogP) is 3.56. The van der Waals surface area contributed by atoms with Crippen LogP contribution in [0.5, 0.6) is 0 Å². The Morgan fingerprint density at radius 3 is 2.59 bits per heavy atom. The van der Waals surface area contributed by atoms with Gasteiger partial charge in [0.2, 0.25) is 5.95 Å². The van der Waals surface area contributed by atoms with Crippen LogP contribution < -0.4 is 5.32 Å². The summed E-state index contributed by atoms with van der Waals surface area (Å²) in [6.45, 7) is 0. The number of pyridine rings is 1. The Bertz CT molecular complexity index is 1150. The first-order valence-electron chi connectivity index (χ1n) is 8.08. The van der Waals surface area contributed by atoms with Gasteiger partial charge in [0.1, 0.15) is 0 Å². The summed E-state index contributed by atoms with van der Waals surface area (Å²) in [5.41, 5.74) is 2.58. The molecule has 0 fully saturated rings. The molecule has 8 nitrogen and oxygen atoms in total. The third-order valence-electron chi connectivity index (χ3n) is 3.98. The molecule has 0 bridgehead atoms. The van der Waals surface area contributed by atoms with Crippen LogP contribution >= 0.6 is 0 Å². The molecule has 0 aliphatic carbocycles. The van der Waals surface area contributed by atoms with Gasteiger partial charge in [0.05, 0.1) is 4.92 Å². The van der Waals surface area contributed by atoms with E-state index in [1.54, 1.807) is 10.6 Å². The highest BCUT2D eigenvalue weighted by Crippen LogP contribution is 2.20. The lowest BCUT2D eigenvalue weighted by atomic mass is 10.1. The molecule has 0 atom stereocenters. The molecular weight excluding hydrogens is 346 g/mol. The first-order valence-corrected chi connectivity index (χ1v) is 8.08. The van der Waals surface area contributed by atoms with Crippen molar-refractivity contribution in [1.82, 2.24) is 14.6 Å². The van der Waals surface area contributed by atoms with Crippen molar-refractivity contribution < 1.29 is 9.72 Å². The summed E-state index contributed by atoms with van der Waals surface area (Å²) in [7, 11) is 0. The maximum Gasteiger partial charge on any atom is 0.270 e. The number of nitrogens with zero attached hydrogens (tertiary/aromatic N) is 4. The maximum atomic E-state index is 12.3. The molecule has 0 spiro atoms. The first kappa shape index (κ1) is 16.4. The number of non-ortho nitro benzene ring substituents is 1. The van der Waals surface area contributed by atoms with Crippen LogP contribution in [0.2, 0.25) is 0 Å². The van der Waals surface area contributed by atoms with Gasteiger partial charge in [-0.3, -0.25) is 20.2 Å². The van der Waals surface area contributed by atoms with Gasteiger partial charge in [0.15, 0.2) is 5.65 Å². The van der Waals surface area contributed by atoms with E-state index < -0.39 is 10.8 Å². The molecule has 0 saturated carbocycles. The summed E-state index contributed by atoms with van der Waals surface area (Å²) < 4.78 is 1.57. The molecule has 1 amide bonds. The lowest BCUT2D eigenvalue weighted by molar-refractivity contribution is -0.384. The molecule has 1 N–H and O–H groups in total. The molecule has 4 aromatic rings. The fraction of sp³-hybridized carbons (Fsp3) is 0. The van der Waals surface area contributed by atoms with E-state index in [0.717, 1.165) is 11.1 Å². The van der Waals surface area contributed by atoms with Crippen LogP contribution in [0.15, 0.2) is 72.9 Å². The van der Waals surface area contributed by atoms with E-state index in [1.807, 2.05) is 42.6 Å². The molecule has 2 aromatic carbocycles. The average molecular weight is 359 g/mol. The van der Waals surface area contributed by atoms with Crippen molar-refractivity contribution >= 4 is 23.2 Å². The molecule has 0 unspecified atom stereocenters. The molecule has 0 radical (unpaired) electrons. The van der Waals surface area contributed by atoms with Gasteiger partial charge in [-0.15, -0.1) is 5.10 Å². The monoisotopic (exact) mass is 359 g/mol. The third kappa shape index (κ3) is 3.36. The van der Waals surface area contributed by atoms with Crippen LogP contribution in [0.1, 0.15) is 10.4 Å². The van der Waals surface area contributed by atoms with E-state index >= 15 is 0 Å². The minimum absolute atomic E-state index is 0.122. The van der Waals surface area contributed by atoms with E-state index in [0.29, 0.717) is 5.65 Å². The van der Waals surface area contributed by atoms with E-state index in [9.17, 15) is 14.9 Å². The Balaban J connectivity index is 1.60. The fourth-order valence-electron chi connectivity index (χ4n) is 2.67. The minimum Gasteiger partial charge on any atom is -0.289 e. The largest absolute Gasteiger partial charge is 0.289 e. The van der Waals surface area contributed by atoms with Gasteiger partial charge in [0, 0.05) is 29.5 Å². The molecule has 8 heteroatoms. The molecule has 0 aliphatic heterocycles. The zero-order valence-electron chi connectivity index (χ0n) is 13.9. The average Bonchev–Trinajstić information content (AvgIpc) is 3.10. The Hall–Kier alpha value is -4.07. The van der Waals surface area contributed by atoms with E-state index in [2.05, 4.69) is 15.4 Å². The number of hydrogen-bond acceptors (Lipinski definition) is 5. The van der Waals surface area contributed by atoms with Crippen LogP contribution in [0, 0.1) is 10.1 Å². The number of nitro groups is 1. The number of carbonyl (C=O) groups excluding carboxylic acids is 1. The summed E-state index contributed by atoms with van der Waals surface area (Å²) in [6, 6.07) is 19.0. The Kier molecular flexibility index (Phi) is 4.06. The molecule has 0 saturated heterocycles. The number of nitrogens with one attached hydrogen (secondary N) is 1. The first-order chi connectivity index (χ1) is 13.1. The van der Waals surface area contributed by atoms with E-state index in [4.69, 9.17) is 0 Å². The van der Waals surface area contributed by atoms with Crippen molar-refractivity contribution in [2.75, 3.05) is 5.32 Å². The Morgan fingerprint density at radius 2 is 1.81 bits per heavy atom. The summed E-state index contributed by atoms with van der Waals surface area (Å²) in [4.78, 5) is 26.9. The molecule has 2 heterocycles. The standard InChI is InChI=1S/C19H13N5O3/c25-18(14-7-4-8-16(11-14)24(26)27)21-19-20-17-10-9-15(12-23(17)22-19)13-5-2-1-3-6-13/h1-12H,(H,21,22,25). The SMILES string of the molecule is O=C(Nc1nc2ccc(-c3ccccc3)cn2n1)c1cccc([N+](=O)[O-])c1. The molecule has 4 rings (SSSR count). The van der Waals surface area contributed by atoms with E-state index in [-0.39, 0.29) is 17.2 Å². The quantitative estimate of drug-likeness (QED) is 0.443. The summed E-state index contributed by atoms with van der Waals surface area (Å²) in [5.74, 6) is -0.394. The maximum absolute atomic E-state index is 12.3. The van der Waals surface area contributed by atoms with Gasteiger partial charge in [-0.05, 0) is 23.8 Å². The Labute approximate surface area is 153 Å². The number of carbonyl (C=O) groups is 1. The predicted molar refractivity (Wildman–Crippen MR) is 99.5 cm³/mol. The molecular formula is C19H13N5O3. The van der Waals surface area contributed by atoms with Crippen LogP contribution in [0.3, 0.4) is 0 Å². The van der Waals surface area contributed by atoms with Crippen LogP contribution in [0.25, 0.3) is 16.8 Å². The lowest BCUT2D eigenvalue weighted by Gasteiger charge is -2.01. The van der Waals surface area contributed by atoms with Crippen molar-refractivity contribution in [3.63, 3.8) is 0 Å². The van der Waals surface area contributed by atoms with Gasteiger partial charge in [-0.1, -0.05) is 36.4 Å². The highest BCUT2D eigenvalue weighted by molar-refractivity contribution is 6.03. The smallest absolute Gasteiger partial charge is 0.270 e. The topological polar surface area (TPSA) is 102 Å². The van der Waals surface area contributed by atoms with Gasteiger partial charge >= 0.3 is 0 Å². The summed E-state index contributed by atoms with van der Waals surface area (Å²) >= 11 is 0. The number of anilines is 1. The number of rotatable bonds is 4. The van der Waals surface area contributed by atoms with Crippen molar-refractivity contribution in [3.05, 3.63) is 88.6 Å². The second kappa shape index (κ2) is 6.68. The molecule has 0 aliphatic rings. The van der Waals surface area contributed by atoms with E-state index in [1.165, 1.54) is 24.3 Å². The van der Waals surface area contributed by atoms with Crippen molar-refractivity contribution in [3.8, 4) is 11.1 Å². The normalized spacial score (nSPS) is 10.7. The molecule has 2 aromatic heterocycles. The summed E-state index contributed by atoms with van der Waals surface area (Å²) in [6.07, 6.45) is 1.82. The minimum atomic E-state index is -0.551. The lowest BCUT2D eigenvalue weighted by Crippen LogP contribution is -2.13. The number of benzene rings is 2. The zero-order valence-corrected chi connectivity index (χ0v) is 13.9. The van der Waals surface area contributed by atoms with Gasteiger partial charge in [-0.25, -0.2) is 4.52 Å². The highest BCUT2D eigenvalue weighted by atomic mass is 16.6. The second-order valence-corrected chi connectivity index (χ2v) is 5.78. The number of nitro benzene ring substituents is 1. The Morgan fingerprint density at radius 1 is 1.00 bits per heavy atom. The fourth-order valence-corrected chi connectivity index (χ4v) is 2.67. The third-order valence-corrected chi connectivity index (χ3v) is 3.98. The van der Waals surface area contributed by atoms with Crippen molar-refractivity contribution in [2.45, 2.75) is 0 Å². The van der Waals surface area contributed by atoms with Gasteiger partial charge < -0.3 is 0 Å². The van der Waals surface area contributed by atoms with Crippen LogP contribution in [-0.4, -0.2) is 25.4 Å². The van der Waals surface area contributed by atoms with Gasteiger partial charge in [0.25, 0.3) is 11.6 Å². The van der Waals surface area contributed by atoms with Crippen LogP contribution in [0.4, 0.5) is 11.6 Å². The van der Waals surface area contributed by atoms with Crippen molar-refractivity contribution in [1.29, 1.82) is 0 Å². The van der Waals surface area contributed by atoms with Crippen LogP contribution in [-0.2, 0) is 0 Å². The number of aromatic nitrogens is 3. The zero-order chi connectivity index (χ0) is 18.8. The number of amides is 1. The molecule has 132 valence electrons. The number of hydrogen-bond donors (Lipinski definition) is 1. The van der Waals surface area contributed by atoms with Crippen molar-refractivity contribution in [2.24, 2.45) is 0 Å². The second-order valence-electron chi connectivity index (χ2n) is 5.78. The molecule has 27 heavy (non-hydrogen) atoms. The van der Waals surface area contributed by atoms with Gasteiger partial charge in [-0.2, -0.15) is 4.98 Å². The number of fused-ring (bicyclic) bond motifs is 1.